The van der Waals surface area contributed by atoms with Gasteiger partial charge in [0.25, 0.3) is 0 Å². The first-order chi connectivity index (χ1) is 12.6. The highest BCUT2D eigenvalue weighted by molar-refractivity contribution is 5.87. The highest BCUT2D eigenvalue weighted by atomic mass is 35.5. The van der Waals surface area contributed by atoms with E-state index in [4.69, 9.17) is 5.73 Å². The summed E-state index contributed by atoms with van der Waals surface area (Å²) in [6.45, 7) is 5.71. The van der Waals surface area contributed by atoms with E-state index < -0.39 is 0 Å². The minimum atomic E-state index is 0. The molecular weight excluding hydrogens is 401 g/mol. The van der Waals surface area contributed by atoms with E-state index in [-0.39, 0.29) is 30.7 Å². The topological polar surface area (TPSA) is 93.2 Å². The van der Waals surface area contributed by atoms with Crippen LogP contribution in [0.15, 0.2) is 6.20 Å². The van der Waals surface area contributed by atoms with Gasteiger partial charge < -0.3 is 15.5 Å². The van der Waals surface area contributed by atoms with Crippen LogP contribution in [0.4, 0.5) is 5.82 Å². The Balaban J connectivity index is 0.00000196. The van der Waals surface area contributed by atoms with Crippen molar-refractivity contribution < 1.29 is 4.79 Å². The van der Waals surface area contributed by atoms with Gasteiger partial charge in [0.1, 0.15) is 11.6 Å². The standard InChI is InChI=1S/C18H29N7O.2ClH/c1-14-21-17-15(13-20-23(17)2)18(22-14)25-11-9-24(10-12-25)16(26)7-5-3-4-6-8-19;;/h13H,3-12,19H2,1-2H3;2*1H. The molecular formula is C18H31Cl2N7O. The zero-order valence-electron chi connectivity index (χ0n) is 16.6. The Morgan fingerprint density at radius 1 is 1.07 bits per heavy atom. The van der Waals surface area contributed by atoms with Crippen LogP contribution in [0.2, 0.25) is 0 Å². The van der Waals surface area contributed by atoms with Crippen molar-refractivity contribution in [1.82, 2.24) is 24.6 Å². The first kappa shape index (κ1) is 24.4. The van der Waals surface area contributed by atoms with Crippen molar-refractivity contribution in [3.05, 3.63) is 12.0 Å². The van der Waals surface area contributed by atoms with Crippen LogP contribution in [0, 0.1) is 6.92 Å². The summed E-state index contributed by atoms with van der Waals surface area (Å²) in [6, 6.07) is 0. The molecule has 1 aliphatic heterocycles. The molecule has 158 valence electrons. The van der Waals surface area contributed by atoms with Crippen LogP contribution in [-0.4, -0.2) is 63.3 Å². The molecule has 1 aliphatic rings. The fourth-order valence-electron chi connectivity index (χ4n) is 3.45. The number of aryl methyl sites for hydroxylation is 2. The maximum Gasteiger partial charge on any atom is 0.222 e. The third-order valence-electron chi connectivity index (χ3n) is 4.96. The summed E-state index contributed by atoms with van der Waals surface area (Å²) in [6.07, 6.45) is 6.68. The van der Waals surface area contributed by atoms with Crippen LogP contribution < -0.4 is 10.6 Å². The first-order valence-electron chi connectivity index (χ1n) is 9.49. The third-order valence-corrected chi connectivity index (χ3v) is 4.96. The molecule has 0 unspecified atom stereocenters. The predicted molar refractivity (Wildman–Crippen MR) is 116 cm³/mol. The van der Waals surface area contributed by atoms with Gasteiger partial charge in [-0.25, -0.2) is 9.97 Å². The largest absolute Gasteiger partial charge is 0.352 e. The Morgan fingerprint density at radius 2 is 1.75 bits per heavy atom. The van der Waals surface area contributed by atoms with E-state index in [2.05, 4.69) is 20.0 Å². The summed E-state index contributed by atoms with van der Waals surface area (Å²) in [7, 11) is 1.89. The maximum atomic E-state index is 12.4. The normalized spacial score (nSPS) is 14.0. The Bertz CT molecular complexity index is 760. The number of hydrogen-bond donors (Lipinski definition) is 1. The highest BCUT2D eigenvalue weighted by Crippen LogP contribution is 2.24. The molecule has 3 heterocycles. The smallest absolute Gasteiger partial charge is 0.222 e. The number of nitrogens with two attached hydrogens (primary N) is 1. The number of carbonyl (C=O) groups excluding carboxylic acids is 1. The molecule has 0 radical (unpaired) electrons. The molecule has 2 aromatic heterocycles. The molecule has 28 heavy (non-hydrogen) atoms. The van der Waals surface area contributed by atoms with Crippen molar-refractivity contribution in [1.29, 1.82) is 0 Å². The van der Waals surface area contributed by atoms with Crippen molar-refractivity contribution in [3.8, 4) is 0 Å². The second kappa shape index (κ2) is 11.4. The molecule has 0 aromatic carbocycles. The number of unbranched alkanes of at least 4 members (excludes halogenated alkanes) is 3. The van der Waals surface area contributed by atoms with E-state index in [1.165, 1.54) is 0 Å². The van der Waals surface area contributed by atoms with Crippen molar-refractivity contribution >= 4 is 47.6 Å². The minimum absolute atomic E-state index is 0. The number of halogens is 2. The molecule has 10 heteroatoms. The Kier molecular flexibility index (Phi) is 9.92. The third kappa shape index (κ3) is 5.68. The lowest BCUT2D eigenvalue weighted by atomic mass is 10.1. The van der Waals surface area contributed by atoms with Gasteiger partial charge in [-0.2, -0.15) is 5.10 Å². The summed E-state index contributed by atoms with van der Waals surface area (Å²) in [5.74, 6) is 1.93. The van der Waals surface area contributed by atoms with Crippen molar-refractivity contribution in [3.63, 3.8) is 0 Å². The summed E-state index contributed by atoms with van der Waals surface area (Å²) in [5.41, 5.74) is 6.35. The van der Waals surface area contributed by atoms with Crippen LogP contribution in [0.3, 0.4) is 0 Å². The molecule has 0 atom stereocenters. The average Bonchev–Trinajstić information content (AvgIpc) is 3.02. The lowest BCUT2D eigenvalue weighted by Crippen LogP contribution is -2.49. The SMILES string of the molecule is Cc1nc(N2CCN(C(=O)CCCCCCN)CC2)c2cnn(C)c2n1.Cl.Cl. The maximum absolute atomic E-state index is 12.4. The van der Waals surface area contributed by atoms with Gasteiger partial charge in [-0.1, -0.05) is 12.8 Å². The van der Waals surface area contributed by atoms with E-state index in [0.29, 0.717) is 6.42 Å². The van der Waals surface area contributed by atoms with Crippen LogP contribution in [0.5, 0.6) is 0 Å². The molecule has 0 spiro atoms. The number of piperazine rings is 1. The van der Waals surface area contributed by atoms with E-state index in [0.717, 1.165) is 81.1 Å². The molecule has 2 N–H and O–H groups in total. The van der Waals surface area contributed by atoms with Gasteiger partial charge >= 0.3 is 0 Å². The number of hydrogen-bond acceptors (Lipinski definition) is 6. The van der Waals surface area contributed by atoms with Gasteiger partial charge in [-0.15, -0.1) is 24.8 Å². The second-order valence-electron chi connectivity index (χ2n) is 6.92. The van der Waals surface area contributed by atoms with Gasteiger partial charge in [0, 0.05) is 39.6 Å². The first-order valence-corrected chi connectivity index (χ1v) is 9.49. The molecule has 0 aliphatic carbocycles. The summed E-state index contributed by atoms with van der Waals surface area (Å²) in [5, 5.41) is 5.28. The quantitative estimate of drug-likeness (QED) is 0.674. The molecule has 3 rings (SSSR count). The average molecular weight is 432 g/mol. The van der Waals surface area contributed by atoms with Gasteiger partial charge in [0.15, 0.2) is 5.65 Å². The second-order valence-corrected chi connectivity index (χ2v) is 6.92. The predicted octanol–water partition coefficient (Wildman–Crippen LogP) is 2.07. The number of carbonyl (C=O) groups is 1. The molecule has 1 fully saturated rings. The zero-order chi connectivity index (χ0) is 18.5. The van der Waals surface area contributed by atoms with Crippen LogP contribution in [-0.2, 0) is 11.8 Å². The lowest BCUT2D eigenvalue weighted by Gasteiger charge is -2.35. The number of anilines is 1. The van der Waals surface area contributed by atoms with Crippen LogP contribution in [0.25, 0.3) is 11.0 Å². The number of amides is 1. The van der Waals surface area contributed by atoms with Gasteiger partial charge in [0.2, 0.25) is 5.91 Å². The van der Waals surface area contributed by atoms with Gasteiger partial charge in [-0.3, -0.25) is 9.48 Å². The fourth-order valence-corrected chi connectivity index (χ4v) is 3.45. The van der Waals surface area contributed by atoms with E-state index in [1.807, 2.05) is 25.1 Å². The van der Waals surface area contributed by atoms with Gasteiger partial charge in [-0.05, 0) is 26.3 Å². The van der Waals surface area contributed by atoms with Crippen molar-refractivity contribution in [2.45, 2.75) is 39.0 Å². The van der Waals surface area contributed by atoms with E-state index in [9.17, 15) is 4.79 Å². The number of fused-ring (bicyclic) bond motifs is 1. The number of rotatable bonds is 7. The van der Waals surface area contributed by atoms with Crippen molar-refractivity contribution in [2.24, 2.45) is 12.8 Å². The van der Waals surface area contributed by atoms with E-state index in [1.54, 1.807) is 4.68 Å². The summed E-state index contributed by atoms with van der Waals surface area (Å²) >= 11 is 0. The van der Waals surface area contributed by atoms with Crippen LogP contribution in [0.1, 0.15) is 37.9 Å². The molecule has 0 bridgehead atoms. The van der Waals surface area contributed by atoms with Crippen molar-refractivity contribution in [2.75, 3.05) is 37.6 Å². The highest BCUT2D eigenvalue weighted by Gasteiger charge is 2.24. The summed E-state index contributed by atoms with van der Waals surface area (Å²) < 4.78 is 1.78. The Morgan fingerprint density at radius 3 is 2.43 bits per heavy atom. The minimum Gasteiger partial charge on any atom is -0.352 e. The molecule has 8 nitrogen and oxygen atoms in total. The summed E-state index contributed by atoms with van der Waals surface area (Å²) in [4.78, 5) is 25.7. The Hall–Kier alpha value is -1.64. The number of nitrogens with zero attached hydrogens (tertiary/aromatic N) is 6. The monoisotopic (exact) mass is 431 g/mol. The molecule has 2 aromatic rings. The molecule has 0 saturated carbocycles. The molecule has 1 saturated heterocycles. The zero-order valence-corrected chi connectivity index (χ0v) is 18.3. The van der Waals surface area contributed by atoms with Gasteiger partial charge in [0.05, 0.1) is 11.6 Å². The Labute approximate surface area is 178 Å². The van der Waals surface area contributed by atoms with Crippen LogP contribution >= 0.6 is 24.8 Å². The molecule has 1 amide bonds. The lowest BCUT2D eigenvalue weighted by molar-refractivity contribution is -0.131. The van der Waals surface area contributed by atoms with E-state index >= 15 is 0 Å². The fraction of sp³-hybridized carbons (Fsp3) is 0.667. The number of aromatic nitrogens is 4.